The zero-order valence-electron chi connectivity index (χ0n) is 16.0. The predicted octanol–water partition coefficient (Wildman–Crippen LogP) is 6.89. The number of Topliss-reactive ketones (excluding diaryl/α,β-unsaturated/α-hetero) is 1. The maximum atomic E-state index is 13.1. The molecule has 2 atom stereocenters. The van der Waals surface area contributed by atoms with Gasteiger partial charge in [0.05, 0.1) is 29.3 Å². The Balaban J connectivity index is 1.92. The summed E-state index contributed by atoms with van der Waals surface area (Å²) in [4.78, 5) is 12.0. The molecule has 0 saturated heterocycles. The lowest BCUT2D eigenvalue weighted by atomic mass is 9.63. The summed E-state index contributed by atoms with van der Waals surface area (Å²) in [7, 11) is 0. The fourth-order valence-electron chi connectivity index (χ4n) is 3.50. The molecule has 2 aromatic carbocycles. The maximum absolute atomic E-state index is 13.1. The molecule has 0 heterocycles. The number of ether oxygens (including phenoxy) is 1. The van der Waals surface area contributed by atoms with Crippen LogP contribution in [0.15, 0.2) is 48.5 Å². The first-order valence-electron chi connectivity index (χ1n) is 9.06. The third-order valence-corrected chi connectivity index (χ3v) is 6.54. The lowest BCUT2D eigenvalue weighted by Gasteiger charge is -2.50. The molecular weight excluding hydrogens is 469 g/mol. The Morgan fingerprint density at radius 1 is 0.968 bits per heavy atom. The van der Waals surface area contributed by atoms with Gasteiger partial charge in [-0.3, -0.25) is 4.79 Å². The van der Waals surface area contributed by atoms with E-state index in [4.69, 9.17) is 27.9 Å². The Morgan fingerprint density at radius 3 is 1.90 bits per heavy atom. The second-order valence-electron chi connectivity index (χ2n) is 7.41. The van der Waals surface area contributed by atoms with Gasteiger partial charge in [0.2, 0.25) is 0 Å². The molecule has 0 spiro atoms. The van der Waals surface area contributed by atoms with Crippen LogP contribution in [0, 0.1) is 0 Å². The van der Waals surface area contributed by atoms with Crippen molar-refractivity contribution in [2.75, 3.05) is 6.61 Å². The van der Waals surface area contributed by atoms with Gasteiger partial charge >= 0.3 is 12.4 Å². The van der Waals surface area contributed by atoms with Crippen LogP contribution in [0.2, 0.25) is 0 Å². The highest BCUT2D eigenvalue weighted by molar-refractivity contribution is 6.61. The first-order valence-corrected chi connectivity index (χ1v) is 9.82. The van der Waals surface area contributed by atoms with Crippen LogP contribution in [-0.2, 0) is 27.3 Å². The molecule has 1 aliphatic carbocycles. The highest BCUT2D eigenvalue weighted by Gasteiger charge is 2.65. The van der Waals surface area contributed by atoms with Crippen molar-refractivity contribution in [3.05, 3.63) is 70.8 Å². The molecule has 2 aromatic rings. The maximum Gasteiger partial charge on any atom is 0.416 e. The summed E-state index contributed by atoms with van der Waals surface area (Å²) in [5.74, 6) is -0.450. The molecule has 0 aliphatic heterocycles. The summed E-state index contributed by atoms with van der Waals surface area (Å²) < 4.78 is 82.6. The van der Waals surface area contributed by atoms with Gasteiger partial charge in [0.15, 0.2) is 10.1 Å². The molecule has 0 bridgehead atoms. The standard InChI is InChI=1S/C21H16Cl2F6O2/c1-12(13-7-15(20(24,25)26)9-16(8-13)21(27,28)29)31-11-18(10-17(30)19(18,22)23)14-5-3-2-4-6-14/h2-9,12H,10-11H2,1H3/t12-,18+/m1/s1. The van der Waals surface area contributed by atoms with Crippen molar-refractivity contribution < 1.29 is 35.9 Å². The molecule has 2 nitrogen and oxygen atoms in total. The van der Waals surface area contributed by atoms with Crippen LogP contribution in [0.3, 0.4) is 0 Å². The van der Waals surface area contributed by atoms with E-state index in [2.05, 4.69) is 0 Å². The van der Waals surface area contributed by atoms with E-state index in [9.17, 15) is 31.1 Å². The largest absolute Gasteiger partial charge is 0.416 e. The Bertz CT molecular complexity index is 940. The van der Waals surface area contributed by atoms with Crippen LogP contribution < -0.4 is 0 Å². The molecule has 168 valence electrons. The zero-order chi connectivity index (χ0) is 23.2. The van der Waals surface area contributed by atoms with Crippen molar-refractivity contribution >= 4 is 29.0 Å². The van der Waals surface area contributed by atoms with E-state index in [-0.39, 0.29) is 24.7 Å². The quantitative estimate of drug-likeness (QED) is 0.341. The fraction of sp³-hybridized carbons (Fsp3) is 0.381. The number of ketones is 1. The molecule has 1 aliphatic rings. The van der Waals surface area contributed by atoms with E-state index in [1.807, 2.05) is 0 Å². The number of hydrogen-bond acceptors (Lipinski definition) is 2. The van der Waals surface area contributed by atoms with Crippen LogP contribution >= 0.6 is 23.2 Å². The van der Waals surface area contributed by atoms with Gasteiger partial charge in [-0.15, -0.1) is 0 Å². The average molecular weight is 485 g/mol. The number of alkyl halides is 8. The van der Waals surface area contributed by atoms with E-state index in [1.165, 1.54) is 6.92 Å². The van der Waals surface area contributed by atoms with Crippen molar-refractivity contribution in [3.8, 4) is 0 Å². The number of benzene rings is 2. The van der Waals surface area contributed by atoms with Crippen molar-refractivity contribution in [3.63, 3.8) is 0 Å². The van der Waals surface area contributed by atoms with E-state index >= 15 is 0 Å². The van der Waals surface area contributed by atoms with Crippen molar-refractivity contribution in [1.82, 2.24) is 0 Å². The highest BCUT2D eigenvalue weighted by atomic mass is 35.5. The summed E-state index contributed by atoms with van der Waals surface area (Å²) in [6, 6.07) is 9.72. The molecule has 0 radical (unpaired) electrons. The molecular formula is C21H16Cl2F6O2. The third kappa shape index (κ3) is 4.43. The first-order chi connectivity index (χ1) is 14.2. The number of halogens is 8. The van der Waals surface area contributed by atoms with Gasteiger partial charge in [-0.1, -0.05) is 53.5 Å². The summed E-state index contributed by atoms with van der Waals surface area (Å²) in [5.41, 5.74) is -3.80. The van der Waals surface area contributed by atoms with Crippen LogP contribution in [0.25, 0.3) is 0 Å². The molecule has 0 N–H and O–H groups in total. The lowest BCUT2D eigenvalue weighted by Crippen LogP contribution is -2.63. The first kappa shape index (κ1) is 23.9. The SMILES string of the molecule is C[C@@H](OC[C@]1(c2ccccc2)CC(=O)C1(Cl)Cl)c1cc(C(F)(F)F)cc(C(F)(F)F)c1. The molecule has 10 heteroatoms. The molecule has 3 rings (SSSR count). The number of hydrogen-bond donors (Lipinski definition) is 0. The number of rotatable bonds is 5. The molecule has 31 heavy (non-hydrogen) atoms. The lowest BCUT2D eigenvalue weighted by molar-refractivity contribution is -0.143. The highest BCUT2D eigenvalue weighted by Crippen LogP contribution is 2.56. The van der Waals surface area contributed by atoms with Crippen molar-refractivity contribution in [2.24, 2.45) is 0 Å². The van der Waals surface area contributed by atoms with Gasteiger partial charge in [-0.05, 0) is 36.2 Å². The number of carbonyl (C=O) groups is 1. The number of carbonyl (C=O) groups excluding carboxylic acids is 1. The van der Waals surface area contributed by atoms with Crippen LogP contribution in [-0.4, -0.2) is 16.7 Å². The van der Waals surface area contributed by atoms with Gasteiger partial charge in [0, 0.05) is 6.42 Å². The molecule has 0 amide bonds. The minimum absolute atomic E-state index is 0.0504. The van der Waals surface area contributed by atoms with Crippen molar-refractivity contribution in [2.45, 2.75) is 41.5 Å². The van der Waals surface area contributed by atoms with E-state index < -0.39 is 45.1 Å². The van der Waals surface area contributed by atoms with Crippen LogP contribution in [0.4, 0.5) is 26.3 Å². The summed E-state index contributed by atoms with van der Waals surface area (Å²) in [6.07, 6.45) is -11.2. The Kier molecular flexibility index (Phi) is 6.14. The predicted molar refractivity (Wildman–Crippen MR) is 103 cm³/mol. The normalized spacial score (nSPS) is 22.2. The van der Waals surface area contributed by atoms with Gasteiger partial charge in [0.25, 0.3) is 0 Å². The fourth-order valence-corrected chi connectivity index (χ4v) is 4.09. The van der Waals surface area contributed by atoms with E-state index in [1.54, 1.807) is 30.3 Å². The topological polar surface area (TPSA) is 26.3 Å². The van der Waals surface area contributed by atoms with E-state index in [0.29, 0.717) is 17.7 Å². The van der Waals surface area contributed by atoms with Crippen LogP contribution in [0.1, 0.15) is 41.7 Å². The van der Waals surface area contributed by atoms with E-state index in [0.717, 1.165) is 0 Å². The second kappa shape index (κ2) is 7.98. The smallest absolute Gasteiger partial charge is 0.373 e. The average Bonchev–Trinajstić information content (AvgIpc) is 2.69. The minimum Gasteiger partial charge on any atom is -0.373 e. The Labute approximate surface area is 184 Å². The van der Waals surface area contributed by atoms with Gasteiger partial charge in [0.1, 0.15) is 0 Å². The summed E-state index contributed by atoms with van der Waals surface area (Å²) in [5, 5.41) is 0. The van der Waals surface area contributed by atoms with Gasteiger partial charge in [-0.25, -0.2) is 0 Å². The zero-order valence-corrected chi connectivity index (χ0v) is 17.5. The summed E-state index contributed by atoms with van der Waals surface area (Å²) in [6.45, 7) is 1.04. The van der Waals surface area contributed by atoms with Gasteiger partial charge in [-0.2, -0.15) is 26.3 Å². The van der Waals surface area contributed by atoms with Gasteiger partial charge < -0.3 is 4.74 Å². The Hall–Kier alpha value is -1.77. The second-order valence-corrected chi connectivity index (χ2v) is 8.74. The molecule has 0 unspecified atom stereocenters. The summed E-state index contributed by atoms with van der Waals surface area (Å²) >= 11 is 12.5. The third-order valence-electron chi connectivity index (χ3n) is 5.40. The molecule has 1 saturated carbocycles. The molecule has 1 fully saturated rings. The minimum atomic E-state index is -4.97. The molecule has 0 aromatic heterocycles. The van der Waals surface area contributed by atoms with Crippen LogP contribution in [0.5, 0.6) is 0 Å². The monoisotopic (exact) mass is 484 g/mol. The Morgan fingerprint density at radius 2 is 1.48 bits per heavy atom. The van der Waals surface area contributed by atoms with Crippen molar-refractivity contribution in [1.29, 1.82) is 0 Å².